The molecular weight excluding hydrogens is 192 g/mol. The number of hydrogen-bond donors (Lipinski definition) is 2. The fraction of sp³-hybridized carbons (Fsp3) is 1.00. The molecule has 2 N–H and O–H groups in total. The zero-order valence-corrected chi connectivity index (χ0v) is 10.5. The molecule has 4 heteroatoms. The van der Waals surface area contributed by atoms with Gasteiger partial charge in [0.2, 0.25) is 0 Å². The number of aliphatic hydroxyl groups excluding tert-OH is 1. The van der Waals surface area contributed by atoms with E-state index in [0.717, 1.165) is 26.1 Å². The van der Waals surface area contributed by atoms with Gasteiger partial charge in [0.15, 0.2) is 0 Å². The maximum atomic E-state index is 9.18. The van der Waals surface area contributed by atoms with Gasteiger partial charge in [-0.3, -0.25) is 0 Å². The largest absolute Gasteiger partial charge is 0.395 e. The zero-order valence-electron chi connectivity index (χ0n) is 10.5. The van der Waals surface area contributed by atoms with E-state index in [1.807, 2.05) is 0 Å². The van der Waals surface area contributed by atoms with Crippen molar-refractivity contribution in [2.24, 2.45) is 0 Å². The first-order valence-electron chi connectivity index (χ1n) is 5.64. The lowest BCUT2D eigenvalue weighted by Gasteiger charge is -2.25. The van der Waals surface area contributed by atoms with Crippen LogP contribution in [0.4, 0.5) is 0 Å². The van der Waals surface area contributed by atoms with Gasteiger partial charge in [-0.15, -0.1) is 0 Å². The molecule has 0 bridgehead atoms. The number of nitrogens with one attached hydrogen (secondary N) is 1. The van der Waals surface area contributed by atoms with Gasteiger partial charge < -0.3 is 20.1 Å². The van der Waals surface area contributed by atoms with Crippen molar-refractivity contribution in [1.82, 2.24) is 10.2 Å². The number of aliphatic hydroxyl groups is 1. The van der Waals surface area contributed by atoms with Crippen LogP contribution in [0.5, 0.6) is 0 Å². The number of ether oxygens (including phenoxy) is 1. The summed E-state index contributed by atoms with van der Waals surface area (Å²) in [5.74, 6) is 0. The van der Waals surface area contributed by atoms with Crippen LogP contribution in [0.25, 0.3) is 0 Å². The Morgan fingerprint density at radius 1 is 1.40 bits per heavy atom. The molecule has 0 amide bonds. The molecule has 0 aromatic carbocycles. The van der Waals surface area contributed by atoms with Gasteiger partial charge in [-0.2, -0.15) is 0 Å². The van der Waals surface area contributed by atoms with Crippen molar-refractivity contribution in [1.29, 1.82) is 0 Å². The lowest BCUT2D eigenvalue weighted by molar-refractivity contribution is 0.162. The standard InChI is InChI=1S/C11H26N2O2/c1-10(2)12-11(9-14)8-13(3)6-5-7-15-4/h10-12,14H,5-9H2,1-4H3. The average molecular weight is 218 g/mol. The number of rotatable bonds is 9. The van der Waals surface area contributed by atoms with Crippen molar-refractivity contribution in [3.8, 4) is 0 Å². The third kappa shape index (κ3) is 8.81. The number of likely N-dealkylation sites (N-methyl/N-ethyl adjacent to an activating group) is 1. The van der Waals surface area contributed by atoms with Crippen molar-refractivity contribution in [2.45, 2.75) is 32.4 Å². The third-order valence-corrected chi connectivity index (χ3v) is 2.21. The number of nitrogens with zero attached hydrogens (tertiary/aromatic N) is 1. The molecule has 1 atom stereocenters. The Bertz CT molecular complexity index is 143. The Balaban J connectivity index is 3.65. The lowest BCUT2D eigenvalue weighted by atomic mass is 10.2. The Morgan fingerprint density at radius 3 is 2.53 bits per heavy atom. The first-order chi connectivity index (χ1) is 7.10. The highest BCUT2D eigenvalue weighted by Crippen LogP contribution is 1.93. The van der Waals surface area contributed by atoms with E-state index in [9.17, 15) is 5.11 Å². The molecule has 0 aliphatic heterocycles. The van der Waals surface area contributed by atoms with E-state index in [-0.39, 0.29) is 12.6 Å². The second kappa shape index (κ2) is 9.09. The van der Waals surface area contributed by atoms with Crippen molar-refractivity contribution in [2.75, 3.05) is 40.5 Å². The molecule has 0 aliphatic carbocycles. The fourth-order valence-electron chi connectivity index (χ4n) is 1.58. The monoisotopic (exact) mass is 218 g/mol. The first kappa shape index (κ1) is 14.8. The predicted octanol–water partition coefficient (Wildman–Crippen LogP) is 0.314. The summed E-state index contributed by atoms with van der Waals surface area (Å²) in [5, 5.41) is 12.5. The average Bonchev–Trinajstić information content (AvgIpc) is 2.16. The van der Waals surface area contributed by atoms with Gasteiger partial charge in [0.1, 0.15) is 0 Å². The molecule has 0 aromatic rings. The van der Waals surface area contributed by atoms with Crippen LogP contribution >= 0.6 is 0 Å². The summed E-state index contributed by atoms with van der Waals surface area (Å²) in [6, 6.07) is 0.576. The summed E-state index contributed by atoms with van der Waals surface area (Å²) in [5.41, 5.74) is 0. The molecular formula is C11H26N2O2. The maximum Gasteiger partial charge on any atom is 0.0597 e. The molecule has 0 radical (unpaired) electrons. The Kier molecular flexibility index (Phi) is 9.00. The van der Waals surface area contributed by atoms with Crippen molar-refractivity contribution >= 4 is 0 Å². The highest BCUT2D eigenvalue weighted by molar-refractivity contribution is 4.71. The van der Waals surface area contributed by atoms with E-state index in [1.165, 1.54) is 0 Å². The molecule has 0 rings (SSSR count). The summed E-state index contributed by atoms with van der Waals surface area (Å²) in [6.07, 6.45) is 1.03. The first-order valence-corrected chi connectivity index (χ1v) is 5.64. The van der Waals surface area contributed by atoms with Crippen molar-refractivity contribution < 1.29 is 9.84 Å². The second-order valence-electron chi connectivity index (χ2n) is 4.31. The molecule has 0 saturated carbocycles. The van der Waals surface area contributed by atoms with Crippen molar-refractivity contribution in [3.05, 3.63) is 0 Å². The molecule has 15 heavy (non-hydrogen) atoms. The molecule has 1 unspecified atom stereocenters. The van der Waals surface area contributed by atoms with Gasteiger partial charge >= 0.3 is 0 Å². The Labute approximate surface area is 93.6 Å². The van der Waals surface area contributed by atoms with Gasteiger partial charge in [0, 0.05) is 38.9 Å². The molecule has 0 saturated heterocycles. The van der Waals surface area contributed by atoms with Gasteiger partial charge in [-0.05, 0) is 13.5 Å². The summed E-state index contributed by atoms with van der Waals surface area (Å²) in [7, 11) is 3.79. The quantitative estimate of drug-likeness (QED) is 0.547. The van der Waals surface area contributed by atoms with E-state index in [2.05, 4.69) is 31.1 Å². The zero-order chi connectivity index (χ0) is 11.7. The van der Waals surface area contributed by atoms with E-state index in [4.69, 9.17) is 4.74 Å². The number of methoxy groups -OCH3 is 1. The van der Waals surface area contributed by atoms with Crippen LogP contribution in [-0.4, -0.2) is 62.6 Å². The second-order valence-corrected chi connectivity index (χ2v) is 4.31. The maximum absolute atomic E-state index is 9.18. The minimum atomic E-state index is 0.164. The molecule has 0 aliphatic rings. The van der Waals surface area contributed by atoms with Gasteiger partial charge in [-0.1, -0.05) is 13.8 Å². The van der Waals surface area contributed by atoms with E-state index in [0.29, 0.717) is 6.04 Å². The van der Waals surface area contributed by atoms with Crippen LogP contribution in [0.2, 0.25) is 0 Å². The van der Waals surface area contributed by atoms with Crippen LogP contribution in [0, 0.1) is 0 Å². The minimum absolute atomic E-state index is 0.164. The fourth-order valence-corrected chi connectivity index (χ4v) is 1.58. The SMILES string of the molecule is COCCCN(C)CC(CO)NC(C)C. The normalized spacial score (nSPS) is 13.8. The molecule has 0 fully saturated rings. The predicted molar refractivity (Wildman–Crippen MR) is 63.1 cm³/mol. The molecule has 0 aromatic heterocycles. The topological polar surface area (TPSA) is 44.7 Å². The van der Waals surface area contributed by atoms with E-state index < -0.39 is 0 Å². The van der Waals surface area contributed by atoms with Crippen LogP contribution in [-0.2, 0) is 4.74 Å². The van der Waals surface area contributed by atoms with E-state index >= 15 is 0 Å². The van der Waals surface area contributed by atoms with Crippen LogP contribution < -0.4 is 5.32 Å². The van der Waals surface area contributed by atoms with Crippen LogP contribution in [0.1, 0.15) is 20.3 Å². The molecule has 4 nitrogen and oxygen atoms in total. The van der Waals surface area contributed by atoms with Crippen molar-refractivity contribution in [3.63, 3.8) is 0 Å². The summed E-state index contributed by atoms with van der Waals surface area (Å²) in [6.45, 7) is 7.04. The third-order valence-electron chi connectivity index (χ3n) is 2.21. The van der Waals surface area contributed by atoms with Gasteiger partial charge in [-0.25, -0.2) is 0 Å². The summed E-state index contributed by atoms with van der Waals surface area (Å²) in [4.78, 5) is 2.22. The molecule has 92 valence electrons. The minimum Gasteiger partial charge on any atom is -0.395 e. The molecule has 0 heterocycles. The van der Waals surface area contributed by atoms with Gasteiger partial charge in [0.25, 0.3) is 0 Å². The summed E-state index contributed by atoms with van der Waals surface area (Å²) >= 11 is 0. The highest BCUT2D eigenvalue weighted by Gasteiger charge is 2.10. The highest BCUT2D eigenvalue weighted by atomic mass is 16.5. The lowest BCUT2D eigenvalue weighted by Crippen LogP contribution is -2.45. The van der Waals surface area contributed by atoms with Crippen LogP contribution in [0.3, 0.4) is 0 Å². The number of hydrogen-bond acceptors (Lipinski definition) is 4. The Hall–Kier alpha value is -0.160. The summed E-state index contributed by atoms with van der Waals surface area (Å²) < 4.78 is 5.00. The van der Waals surface area contributed by atoms with Crippen LogP contribution in [0.15, 0.2) is 0 Å². The Morgan fingerprint density at radius 2 is 2.07 bits per heavy atom. The smallest absolute Gasteiger partial charge is 0.0597 e. The van der Waals surface area contributed by atoms with E-state index in [1.54, 1.807) is 7.11 Å². The van der Waals surface area contributed by atoms with Gasteiger partial charge in [0.05, 0.1) is 6.61 Å². The molecule has 0 spiro atoms.